The number of anilines is 2. The van der Waals surface area contributed by atoms with Gasteiger partial charge in [-0.05, 0) is 48.0 Å². The van der Waals surface area contributed by atoms with E-state index >= 15 is 0 Å². The highest BCUT2D eigenvalue weighted by Gasteiger charge is 2.18. The standard InChI is InChI=1S/C20H18N6OS2/c27-20(15-2-1-8-28-15)25-16-10-12(3-7-22-16)18-24-14-5-9-29-17(14)19(26-18)23-13-4-6-21-11-13/h1-3,5,7-10,13,21H,4,6,11H2,(H,22,25,27)(H,23,24,26). The van der Waals surface area contributed by atoms with Crippen molar-refractivity contribution in [2.75, 3.05) is 23.7 Å². The van der Waals surface area contributed by atoms with Gasteiger partial charge in [0.1, 0.15) is 11.6 Å². The summed E-state index contributed by atoms with van der Waals surface area (Å²) in [6.07, 6.45) is 2.73. The molecule has 5 rings (SSSR count). The van der Waals surface area contributed by atoms with Crippen LogP contribution in [0, 0.1) is 0 Å². The summed E-state index contributed by atoms with van der Waals surface area (Å²) in [7, 11) is 0. The molecule has 1 atom stereocenters. The fourth-order valence-electron chi connectivity index (χ4n) is 3.29. The van der Waals surface area contributed by atoms with Crippen molar-refractivity contribution < 1.29 is 4.79 Å². The van der Waals surface area contributed by atoms with Crippen molar-refractivity contribution >= 4 is 50.4 Å². The Hall–Kier alpha value is -2.88. The number of amides is 1. The summed E-state index contributed by atoms with van der Waals surface area (Å²) in [5, 5.41) is 13.7. The molecule has 146 valence electrons. The van der Waals surface area contributed by atoms with Crippen LogP contribution in [-0.2, 0) is 0 Å². The van der Waals surface area contributed by atoms with Crippen LogP contribution < -0.4 is 16.0 Å². The maximum absolute atomic E-state index is 12.3. The molecule has 1 unspecified atom stereocenters. The third kappa shape index (κ3) is 3.84. The maximum atomic E-state index is 12.3. The number of aromatic nitrogens is 3. The van der Waals surface area contributed by atoms with Gasteiger partial charge in [-0.15, -0.1) is 22.7 Å². The highest BCUT2D eigenvalue weighted by atomic mass is 32.1. The Bertz CT molecular complexity index is 1150. The molecule has 1 amide bonds. The molecule has 1 fully saturated rings. The number of nitrogens with zero attached hydrogens (tertiary/aromatic N) is 3. The highest BCUT2D eigenvalue weighted by molar-refractivity contribution is 7.17. The van der Waals surface area contributed by atoms with E-state index < -0.39 is 0 Å². The summed E-state index contributed by atoms with van der Waals surface area (Å²) in [6, 6.07) is 9.66. The van der Waals surface area contributed by atoms with Crippen LogP contribution in [0.2, 0.25) is 0 Å². The largest absolute Gasteiger partial charge is 0.365 e. The average molecular weight is 423 g/mol. The monoisotopic (exact) mass is 422 g/mol. The SMILES string of the molecule is O=C(Nc1cc(-c2nc(NC3CCNC3)c3sccc3n2)ccn1)c1cccs1. The second kappa shape index (κ2) is 7.86. The molecule has 1 aliphatic rings. The van der Waals surface area contributed by atoms with Gasteiger partial charge in [-0.3, -0.25) is 4.79 Å². The topological polar surface area (TPSA) is 91.8 Å². The molecule has 4 aromatic heterocycles. The lowest BCUT2D eigenvalue weighted by atomic mass is 10.2. The molecule has 0 aliphatic carbocycles. The Morgan fingerprint density at radius 3 is 2.97 bits per heavy atom. The van der Waals surface area contributed by atoms with Crippen molar-refractivity contribution in [3.8, 4) is 11.4 Å². The number of rotatable bonds is 5. The fourth-order valence-corrected chi connectivity index (χ4v) is 4.69. The molecule has 5 heterocycles. The van der Waals surface area contributed by atoms with Gasteiger partial charge in [0.2, 0.25) is 0 Å². The summed E-state index contributed by atoms with van der Waals surface area (Å²) in [4.78, 5) is 26.8. The fraction of sp³-hybridized carbons (Fsp3) is 0.200. The normalized spacial score (nSPS) is 16.2. The predicted octanol–water partition coefficient (Wildman–Crippen LogP) is 3.84. The minimum atomic E-state index is -0.171. The Kier molecular flexibility index (Phi) is 4.92. The second-order valence-corrected chi connectivity index (χ2v) is 8.59. The van der Waals surface area contributed by atoms with E-state index in [1.165, 1.54) is 11.3 Å². The van der Waals surface area contributed by atoms with Gasteiger partial charge in [-0.1, -0.05) is 6.07 Å². The van der Waals surface area contributed by atoms with E-state index in [0.717, 1.165) is 41.1 Å². The summed E-state index contributed by atoms with van der Waals surface area (Å²) < 4.78 is 1.06. The van der Waals surface area contributed by atoms with Crippen molar-refractivity contribution in [2.45, 2.75) is 12.5 Å². The van der Waals surface area contributed by atoms with Crippen LogP contribution in [-0.4, -0.2) is 40.0 Å². The van der Waals surface area contributed by atoms with E-state index in [2.05, 4.69) is 20.9 Å². The first-order valence-electron chi connectivity index (χ1n) is 9.30. The van der Waals surface area contributed by atoms with Gasteiger partial charge >= 0.3 is 0 Å². The lowest BCUT2D eigenvalue weighted by Gasteiger charge is -2.14. The minimum Gasteiger partial charge on any atom is -0.365 e. The van der Waals surface area contributed by atoms with Crippen LogP contribution in [0.5, 0.6) is 0 Å². The quantitative estimate of drug-likeness (QED) is 0.453. The van der Waals surface area contributed by atoms with Crippen molar-refractivity contribution in [1.29, 1.82) is 0 Å². The first-order chi connectivity index (χ1) is 14.3. The third-order valence-corrected chi connectivity index (χ3v) is 6.49. The zero-order valence-corrected chi connectivity index (χ0v) is 17.0. The zero-order valence-electron chi connectivity index (χ0n) is 15.4. The van der Waals surface area contributed by atoms with Crippen molar-refractivity contribution in [3.05, 3.63) is 52.2 Å². The first-order valence-corrected chi connectivity index (χ1v) is 11.1. The van der Waals surface area contributed by atoms with Crippen molar-refractivity contribution in [3.63, 3.8) is 0 Å². The van der Waals surface area contributed by atoms with Crippen LogP contribution in [0.25, 0.3) is 21.6 Å². The van der Waals surface area contributed by atoms with Gasteiger partial charge in [-0.2, -0.15) is 0 Å². The van der Waals surface area contributed by atoms with E-state index in [-0.39, 0.29) is 5.91 Å². The molecule has 1 saturated heterocycles. The van der Waals surface area contributed by atoms with E-state index in [1.54, 1.807) is 29.7 Å². The van der Waals surface area contributed by atoms with Gasteiger partial charge < -0.3 is 16.0 Å². The Morgan fingerprint density at radius 1 is 1.17 bits per heavy atom. The van der Waals surface area contributed by atoms with Gasteiger partial charge in [0.25, 0.3) is 5.91 Å². The summed E-state index contributed by atoms with van der Waals surface area (Å²) in [5.41, 5.74) is 1.72. The molecule has 0 radical (unpaired) electrons. The third-order valence-electron chi connectivity index (χ3n) is 4.71. The number of carbonyl (C=O) groups excluding carboxylic acids is 1. The molecular formula is C20H18N6OS2. The van der Waals surface area contributed by atoms with E-state index in [0.29, 0.717) is 22.6 Å². The predicted molar refractivity (Wildman–Crippen MR) is 118 cm³/mol. The van der Waals surface area contributed by atoms with Crippen molar-refractivity contribution in [2.24, 2.45) is 0 Å². The van der Waals surface area contributed by atoms with Gasteiger partial charge in [0.05, 0.1) is 15.1 Å². The molecular weight excluding hydrogens is 404 g/mol. The van der Waals surface area contributed by atoms with Crippen LogP contribution >= 0.6 is 22.7 Å². The summed E-state index contributed by atoms with van der Waals surface area (Å²) >= 11 is 3.03. The van der Waals surface area contributed by atoms with Gasteiger partial charge in [0, 0.05) is 24.3 Å². The minimum absolute atomic E-state index is 0.171. The molecule has 29 heavy (non-hydrogen) atoms. The van der Waals surface area contributed by atoms with E-state index in [4.69, 9.17) is 9.97 Å². The molecule has 1 aliphatic heterocycles. The average Bonchev–Trinajstić information content (AvgIpc) is 3.50. The molecule has 7 nitrogen and oxygen atoms in total. The Morgan fingerprint density at radius 2 is 2.14 bits per heavy atom. The molecule has 0 aromatic carbocycles. The number of nitrogens with one attached hydrogen (secondary N) is 3. The zero-order chi connectivity index (χ0) is 19.6. The first kappa shape index (κ1) is 18.2. The Balaban J connectivity index is 1.46. The number of pyridine rings is 1. The van der Waals surface area contributed by atoms with Gasteiger partial charge in [-0.25, -0.2) is 15.0 Å². The number of hydrogen-bond donors (Lipinski definition) is 3. The Labute approximate surface area is 175 Å². The van der Waals surface area contributed by atoms with Crippen LogP contribution in [0.4, 0.5) is 11.6 Å². The van der Waals surface area contributed by atoms with Crippen molar-refractivity contribution in [1.82, 2.24) is 20.3 Å². The number of carbonyl (C=O) groups is 1. The van der Waals surface area contributed by atoms with E-state index in [1.807, 2.05) is 29.0 Å². The number of thiophene rings is 2. The molecule has 0 bridgehead atoms. The second-order valence-electron chi connectivity index (χ2n) is 6.73. The lowest BCUT2D eigenvalue weighted by Crippen LogP contribution is -2.22. The van der Waals surface area contributed by atoms with Crippen LogP contribution in [0.1, 0.15) is 16.1 Å². The van der Waals surface area contributed by atoms with Crippen LogP contribution in [0.3, 0.4) is 0 Å². The molecule has 4 aromatic rings. The molecule has 0 spiro atoms. The smallest absolute Gasteiger partial charge is 0.266 e. The molecule has 3 N–H and O–H groups in total. The number of hydrogen-bond acceptors (Lipinski definition) is 8. The van der Waals surface area contributed by atoms with Crippen LogP contribution in [0.15, 0.2) is 47.3 Å². The lowest BCUT2D eigenvalue weighted by molar-refractivity contribution is 0.103. The number of fused-ring (bicyclic) bond motifs is 1. The van der Waals surface area contributed by atoms with E-state index in [9.17, 15) is 4.79 Å². The maximum Gasteiger partial charge on any atom is 0.266 e. The summed E-state index contributed by atoms with van der Waals surface area (Å²) in [5.74, 6) is 1.77. The molecule has 9 heteroatoms. The summed E-state index contributed by atoms with van der Waals surface area (Å²) in [6.45, 7) is 1.95. The van der Waals surface area contributed by atoms with Gasteiger partial charge in [0.15, 0.2) is 5.82 Å². The highest BCUT2D eigenvalue weighted by Crippen LogP contribution is 2.30. The molecule has 0 saturated carbocycles.